The van der Waals surface area contributed by atoms with Gasteiger partial charge in [0.2, 0.25) is 5.10 Å². The Bertz CT molecular complexity index is 122. The molecule has 0 bridgehead atoms. The zero-order valence-electron chi connectivity index (χ0n) is 3.75. The smallest absolute Gasteiger partial charge is 0.0560 e. The first kappa shape index (κ1) is 5.18. The van der Waals surface area contributed by atoms with Crippen molar-refractivity contribution in [2.45, 2.75) is 6.92 Å². The van der Waals surface area contributed by atoms with Crippen molar-refractivity contribution in [2.24, 2.45) is 5.10 Å². The summed E-state index contributed by atoms with van der Waals surface area (Å²) in [5.74, 6) is 0. The highest BCUT2D eigenvalue weighted by Gasteiger charge is 2.17. The van der Waals surface area contributed by atoms with E-state index in [1.165, 1.54) is 11.8 Å². The van der Waals surface area contributed by atoms with Crippen molar-refractivity contribution in [2.75, 3.05) is 0 Å². The van der Waals surface area contributed by atoms with Gasteiger partial charge in [-0.25, -0.2) is 0 Å². The third-order valence-corrected chi connectivity index (χ3v) is 1.52. The lowest BCUT2D eigenvalue weighted by molar-refractivity contribution is 1.13. The van der Waals surface area contributed by atoms with Crippen LogP contribution in [0.3, 0.4) is 0 Å². The molecule has 0 aromatic rings. The molecule has 2 nitrogen and oxygen atoms in total. The van der Waals surface area contributed by atoms with E-state index in [0.717, 1.165) is 9.42 Å². The van der Waals surface area contributed by atoms with Crippen LogP contribution in [0.15, 0.2) is 5.10 Å². The van der Waals surface area contributed by atoms with E-state index < -0.39 is 0 Å². The van der Waals surface area contributed by atoms with Crippen molar-refractivity contribution in [1.29, 1.82) is 0 Å². The molecule has 0 N–H and O–H groups in total. The first-order valence-corrected chi connectivity index (χ1v) is 3.04. The van der Waals surface area contributed by atoms with Gasteiger partial charge in [-0.15, -0.1) is 0 Å². The fourth-order valence-electron chi connectivity index (χ4n) is 0.286. The Labute approximate surface area is 51.5 Å². The molecule has 0 spiro atoms. The van der Waals surface area contributed by atoms with Crippen LogP contribution in [0.25, 0.3) is 0 Å². The minimum absolute atomic E-state index is 0.734. The van der Waals surface area contributed by atoms with E-state index in [-0.39, 0.29) is 0 Å². The normalized spacial score (nSPS) is 19.1. The summed E-state index contributed by atoms with van der Waals surface area (Å²) in [5.41, 5.74) is 0. The Morgan fingerprint density at radius 2 is 2.57 bits per heavy atom. The molecule has 4 heteroatoms. The Morgan fingerprint density at radius 1 is 1.86 bits per heavy atom. The number of nitrogens with zero attached hydrogens (tertiary/aromatic N) is 2. The van der Waals surface area contributed by atoms with Crippen LogP contribution >= 0.6 is 24.4 Å². The first-order valence-electron chi connectivity index (χ1n) is 1.78. The van der Waals surface area contributed by atoms with Gasteiger partial charge < -0.3 is 0 Å². The lowest BCUT2D eigenvalue weighted by Crippen LogP contribution is -1.78. The number of thiol groups is 1. The summed E-state index contributed by atoms with van der Waals surface area (Å²) in [4.78, 5) is 0. The van der Waals surface area contributed by atoms with Gasteiger partial charge >= 0.3 is 4.38 Å². The van der Waals surface area contributed by atoms with Crippen LogP contribution in [-0.2, 0) is 0 Å². The third kappa shape index (κ3) is 1.21. The van der Waals surface area contributed by atoms with Crippen molar-refractivity contribution < 1.29 is 0 Å². The number of hydrogen-bond donors (Lipinski definition) is 1. The second-order valence-electron chi connectivity index (χ2n) is 1.10. The summed E-state index contributed by atoms with van der Waals surface area (Å²) in [5, 5.41) is 8.32. The molecule has 0 unspecified atom stereocenters. The zero-order valence-corrected chi connectivity index (χ0v) is 5.46. The molecule has 1 radical (unpaired) electrons. The molecule has 0 saturated carbocycles. The first-order chi connectivity index (χ1) is 3.29. The van der Waals surface area contributed by atoms with Crippen LogP contribution in [0, 0.1) is 0 Å². The van der Waals surface area contributed by atoms with Crippen molar-refractivity contribution >= 4 is 33.8 Å². The maximum absolute atomic E-state index is 3.95. The van der Waals surface area contributed by atoms with Gasteiger partial charge in [-0.05, 0) is 6.92 Å². The predicted octanol–water partition coefficient (Wildman–Crippen LogP) is 0.688. The van der Waals surface area contributed by atoms with E-state index in [1.54, 1.807) is 0 Å². The van der Waals surface area contributed by atoms with E-state index in [2.05, 4.69) is 22.8 Å². The molecule has 0 saturated heterocycles. The minimum Gasteiger partial charge on any atom is -0.0560 e. The van der Waals surface area contributed by atoms with E-state index in [4.69, 9.17) is 0 Å². The third-order valence-electron chi connectivity index (χ3n) is 0.515. The standard InChI is InChI=1S/C3H4N2S2/c1-2-4-5-3(6)7-2/h6H,1H3/q+1. The van der Waals surface area contributed by atoms with Gasteiger partial charge in [-0.2, -0.15) is 0 Å². The van der Waals surface area contributed by atoms with E-state index in [1.807, 2.05) is 6.92 Å². The lowest BCUT2D eigenvalue weighted by Gasteiger charge is -1.69. The summed E-state index contributed by atoms with van der Waals surface area (Å²) in [7, 11) is 0. The second-order valence-corrected chi connectivity index (χ2v) is 3.01. The fraction of sp³-hybridized carbons (Fsp3) is 0.333. The highest BCUT2D eigenvalue weighted by Crippen LogP contribution is 2.11. The molecular formula is C3H4N2S2+. The quantitative estimate of drug-likeness (QED) is 0.482. The monoisotopic (exact) mass is 132 g/mol. The van der Waals surface area contributed by atoms with Gasteiger partial charge in [0, 0.05) is 11.8 Å². The van der Waals surface area contributed by atoms with Gasteiger partial charge in [0.15, 0.2) is 5.04 Å². The molecule has 1 heterocycles. The van der Waals surface area contributed by atoms with Crippen molar-refractivity contribution in [1.82, 2.24) is 5.10 Å². The number of hydrogen-bond acceptors (Lipinski definition) is 3. The van der Waals surface area contributed by atoms with Crippen LogP contribution in [0.4, 0.5) is 0 Å². The Balaban J connectivity index is 2.61. The summed E-state index contributed by atoms with van der Waals surface area (Å²) in [6, 6.07) is 0. The van der Waals surface area contributed by atoms with Crippen LogP contribution in [0.2, 0.25) is 0 Å². The minimum atomic E-state index is 0.734. The van der Waals surface area contributed by atoms with Crippen LogP contribution < -0.4 is 5.10 Å². The average molecular weight is 132 g/mol. The van der Waals surface area contributed by atoms with Crippen molar-refractivity contribution in [3.8, 4) is 0 Å². The lowest BCUT2D eigenvalue weighted by atomic mass is 10.9. The van der Waals surface area contributed by atoms with Gasteiger partial charge in [0.25, 0.3) is 0 Å². The molecule has 1 aliphatic rings. The maximum atomic E-state index is 3.95. The van der Waals surface area contributed by atoms with Gasteiger partial charge in [-0.1, -0.05) is 12.6 Å². The summed E-state index contributed by atoms with van der Waals surface area (Å²) >= 11 is 5.43. The van der Waals surface area contributed by atoms with Crippen LogP contribution in [0.5, 0.6) is 0 Å². The molecule has 7 heavy (non-hydrogen) atoms. The summed E-state index contributed by atoms with van der Waals surface area (Å²) < 4.78 is 0.734. The molecule has 1 rings (SSSR count). The van der Waals surface area contributed by atoms with Crippen LogP contribution in [-0.4, -0.2) is 9.42 Å². The Kier molecular flexibility index (Phi) is 1.39. The largest absolute Gasteiger partial charge is 0.384 e. The predicted molar refractivity (Wildman–Crippen MR) is 36.8 cm³/mol. The van der Waals surface area contributed by atoms with E-state index >= 15 is 0 Å². The highest BCUT2D eigenvalue weighted by atomic mass is 32.2. The molecule has 0 aliphatic carbocycles. The second kappa shape index (κ2) is 1.88. The molecule has 0 amide bonds. The number of thioether (sulfide) groups is 1. The molecule has 0 fully saturated rings. The van der Waals surface area contributed by atoms with Gasteiger partial charge in [0.05, 0.1) is 5.10 Å². The molecule has 0 aromatic carbocycles. The highest BCUT2D eigenvalue weighted by molar-refractivity contribution is 8.40. The number of rotatable bonds is 0. The van der Waals surface area contributed by atoms with Gasteiger partial charge in [-0.3, -0.25) is 0 Å². The summed E-state index contributed by atoms with van der Waals surface area (Å²) in [6.45, 7) is 1.90. The van der Waals surface area contributed by atoms with Crippen molar-refractivity contribution in [3.63, 3.8) is 0 Å². The molecule has 1 aliphatic heterocycles. The molecule has 0 atom stereocenters. The fourth-order valence-corrected chi connectivity index (χ4v) is 1.15. The molecule has 37 valence electrons. The average Bonchev–Trinajstić information content (AvgIpc) is 1.87. The SMILES string of the molecule is CC1=N[N+]=C(S)S1. The van der Waals surface area contributed by atoms with E-state index in [9.17, 15) is 0 Å². The summed E-state index contributed by atoms with van der Waals surface area (Å²) in [6.07, 6.45) is 0. The Hall–Kier alpha value is 0.0400. The van der Waals surface area contributed by atoms with Crippen molar-refractivity contribution in [3.05, 3.63) is 0 Å². The topological polar surface area (TPSA) is 26.5 Å². The molecular weight excluding hydrogens is 128 g/mol. The van der Waals surface area contributed by atoms with Gasteiger partial charge in [0.1, 0.15) is 0 Å². The Morgan fingerprint density at radius 3 is 2.71 bits per heavy atom. The zero-order chi connectivity index (χ0) is 5.28. The molecule has 0 aromatic heterocycles. The maximum Gasteiger partial charge on any atom is 0.384 e. The van der Waals surface area contributed by atoms with E-state index in [0.29, 0.717) is 0 Å². The van der Waals surface area contributed by atoms with Crippen LogP contribution in [0.1, 0.15) is 6.92 Å².